The Morgan fingerprint density at radius 1 is 1.17 bits per heavy atom. The predicted molar refractivity (Wildman–Crippen MR) is 72.3 cm³/mol. The van der Waals surface area contributed by atoms with Gasteiger partial charge in [0.15, 0.2) is 0 Å². The molecule has 0 aliphatic heterocycles. The average Bonchev–Trinajstić information content (AvgIpc) is 2.34. The van der Waals surface area contributed by atoms with Crippen LogP contribution in [0.15, 0.2) is 42.5 Å². The van der Waals surface area contributed by atoms with E-state index in [0.29, 0.717) is 11.4 Å². The zero-order valence-electron chi connectivity index (χ0n) is 9.97. The third-order valence-corrected chi connectivity index (χ3v) is 2.68. The molecule has 0 saturated carbocycles. The Kier molecular flexibility index (Phi) is 3.19. The third-order valence-electron chi connectivity index (χ3n) is 2.68. The van der Waals surface area contributed by atoms with E-state index in [4.69, 9.17) is 10.8 Å². The van der Waals surface area contributed by atoms with Crippen LogP contribution in [-0.2, 0) is 0 Å². The van der Waals surface area contributed by atoms with E-state index in [-0.39, 0.29) is 5.56 Å². The number of hydrogen-bond donors (Lipinski definition) is 3. The van der Waals surface area contributed by atoms with Crippen LogP contribution >= 0.6 is 0 Å². The molecule has 4 N–H and O–H groups in total. The van der Waals surface area contributed by atoms with Crippen molar-refractivity contribution >= 4 is 23.0 Å². The number of hydrogen-bond acceptors (Lipinski definition) is 3. The molecule has 18 heavy (non-hydrogen) atoms. The van der Waals surface area contributed by atoms with Gasteiger partial charge in [-0.1, -0.05) is 18.2 Å². The van der Waals surface area contributed by atoms with E-state index in [1.165, 1.54) is 6.07 Å². The van der Waals surface area contributed by atoms with Crippen molar-refractivity contribution in [2.45, 2.75) is 6.92 Å². The highest BCUT2D eigenvalue weighted by molar-refractivity contribution is 5.96. The number of aromatic carboxylic acids is 1. The molecule has 0 radical (unpaired) electrons. The molecule has 0 unspecified atom stereocenters. The monoisotopic (exact) mass is 242 g/mol. The molecule has 0 heterocycles. The SMILES string of the molecule is Cc1cc(Nc2ccccc2)cc(C(=O)O)c1N. The number of carbonyl (C=O) groups is 1. The molecule has 0 aliphatic carbocycles. The summed E-state index contributed by atoms with van der Waals surface area (Å²) in [7, 11) is 0. The first kappa shape index (κ1) is 12.0. The molecule has 0 amide bonds. The van der Waals surface area contributed by atoms with Crippen LogP contribution in [0, 0.1) is 6.92 Å². The maximum atomic E-state index is 11.1. The first-order valence-corrected chi connectivity index (χ1v) is 5.53. The van der Waals surface area contributed by atoms with Gasteiger partial charge >= 0.3 is 5.97 Å². The third kappa shape index (κ3) is 2.43. The van der Waals surface area contributed by atoms with Gasteiger partial charge in [-0.15, -0.1) is 0 Å². The summed E-state index contributed by atoms with van der Waals surface area (Å²) in [5.41, 5.74) is 8.52. The van der Waals surface area contributed by atoms with Crippen LogP contribution in [0.3, 0.4) is 0 Å². The minimum absolute atomic E-state index is 0.119. The number of nitrogens with one attached hydrogen (secondary N) is 1. The van der Waals surface area contributed by atoms with Crippen molar-refractivity contribution < 1.29 is 9.90 Å². The molecule has 4 nitrogen and oxygen atoms in total. The first-order chi connectivity index (χ1) is 8.58. The second-order valence-corrected chi connectivity index (χ2v) is 4.05. The van der Waals surface area contributed by atoms with Crippen LogP contribution in [0.25, 0.3) is 0 Å². The highest BCUT2D eigenvalue weighted by atomic mass is 16.4. The van der Waals surface area contributed by atoms with Crippen molar-refractivity contribution in [3.8, 4) is 0 Å². The summed E-state index contributed by atoms with van der Waals surface area (Å²) in [5.74, 6) is -1.02. The molecule has 0 bridgehead atoms. The van der Waals surface area contributed by atoms with Gasteiger partial charge in [0.25, 0.3) is 0 Å². The van der Waals surface area contributed by atoms with Crippen LogP contribution in [0.4, 0.5) is 17.1 Å². The van der Waals surface area contributed by atoms with E-state index in [1.807, 2.05) is 36.4 Å². The van der Waals surface area contributed by atoms with Gasteiger partial charge < -0.3 is 16.2 Å². The van der Waals surface area contributed by atoms with Gasteiger partial charge in [-0.25, -0.2) is 4.79 Å². The van der Waals surface area contributed by atoms with E-state index in [2.05, 4.69) is 5.32 Å². The molecule has 2 aromatic carbocycles. The number of para-hydroxylation sites is 1. The average molecular weight is 242 g/mol. The highest BCUT2D eigenvalue weighted by Gasteiger charge is 2.11. The molecule has 0 aromatic heterocycles. The Bertz CT molecular complexity index is 580. The number of aryl methyl sites for hydroxylation is 1. The molecule has 2 aromatic rings. The number of anilines is 3. The lowest BCUT2D eigenvalue weighted by Crippen LogP contribution is -2.05. The maximum absolute atomic E-state index is 11.1. The fourth-order valence-electron chi connectivity index (χ4n) is 1.74. The molecule has 0 saturated heterocycles. The molecular formula is C14H14N2O2. The van der Waals surface area contributed by atoms with Crippen molar-refractivity contribution in [3.05, 3.63) is 53.6 Å². The van der Waals surface area contributed by atoms with Crippen molar-refractivity contribution in [2.24, 2.45) is 0 Å². The lowest BCUT2D eigenvalue weighted by molar-refractivity contribution is 0.0698. The smallest absolute Gasteiger partial charge is 0.337 e. The standard InChI is InChI=1S/C14H14N2O2/c1-9-7-11(8-12(13(9)15)14(17)18)16-10-5-3-2-4-6-10/h2-8,16H,15H2,1H3,(H,17,18). The number of nitrogen functional groups attached to an aromatic ring is 1. The van der Waals surface area contributed by atoms with Crippen LogP contribution in [0.2, 0.25) is 0 Å². The molecule has 0 aliphatic rings. The fourth-order valence-corrected chi connectivity index (χ4v) is 1.74. The van der Waals surface area contributed by atoms with E-state index < -0.39 is 5.97 Å². The van der Waals surface area contributed by atoms with Crippen molar-refractivity contribution in [1.82, 2.24) is 0 Å². The molecule has 0 spiro atoms. The minimum atomic E-state index is -1.02. The second-order valence-electron chi connectivity index (χ2n) is 4.05. The molecule has 2 rings (SSSR count). The maximum Gasteiger partial charge on any atom is 0.337 e. The molecular weight excluding hydrogens is 228 g/mol. The number of carboxylic acids is 1. The van der Waals surface area contributed by atoms with Crippen molar-refractivity contribution in [1.29, 1.82) is 0 Å². The molecule has 92 valence electrons. The summed E-state index contributed by atoms with van der Waals surface area (Å²) < 4.78 is 0. The van der Waals surface area contributed by atoms with Gasteiger partial charge in [-0.2, -0.15) is 0 Å². The van der Waals surface area contributed by atoms with Crippen LogP contribution in [0.1, 0.15) is 15.9 Å². The largest absolute Gasteiger partial charge is 0.478 e. The Morgan fingerprint density at radius 3 is 2.44 bits per heavy atom. The summed E-state index contributed by atoms with van der Waals surface area (Å²) in [6, 6.07) is 12.9. The van der Waals surface area contributed by atoms with E-state index in [9.17, 15) is 4.79 Å². The van der Waals surface area contributed by atoms with Gasteiger partial charge in [-0.3, -0.25) is 0 Å². The number of benzene rings is 2. The summed E-state index contributed by atoms with van der Waals surface area (Å²) in [6.45, 7) is 1.79. The summed E-state index contributed by atoms with van der Waals surface area (Å²) in [4.78, 5) is 11.1. The van der Waals surface area contributed by atoms with Gasteiger partial charge in [-0.05, 0) is 36.8 Å². The topological polar surface area (TPSA) is 75.3 Å². The Hall–Kier alpha value is -2.49. The van der Waals surface area contributed by atoms with Crippen LogP contribution in [0.5, 0.6) is 0 Å². The van der Waals surface area contributed by atoms with Crippen molar-refractivity contribution in [2.75, 3.05) is 11.1 Å². The number of nitrogens with two attached hydrogens (primary N) is 1. The Balaban J connectivity index is 2.38. The van der Waals surface area contributed by atoms with E-state index >= 15 is 0 Å². The Labute approximate surface area is 105 Å². The van der Waals surface area contributed by atoms with Gasteiger partial charge in [0, 0.05) is 17.1 Å². The molecule has 0 atom stereocenters. The summed E-state index contributed by atoms with van der Waals surface area (Å²) in [5, 5.41) is 12.2. The van der Waals surface area contributed by atoms with Crippen LogP contribution in [-0.4, -0.2) is 11.1 Å². The lowest BCUT2D eigenvalue weighted by atomic mass is 10.1. The fraction of sp³-hybridized carbons (Fsp3) is 0.0714. The van der Waals surface area contributed by atoms with E-state index in [1.54, 1.807) is 6.92 Å². The zero-order chi connectivity index (χ0) is 13.1. The number of carboxylic acid groups (broad SMARTS) is 1. The van der Waals surface area contributed by atoms with Crippen LogP contribution < -0.4 is 11.1 Å². The second kappa shape index (κ2) is 4.79. The highest BCUT2D eigenvalue weighted by Crippen LogP contribution is 2.25. The van der Waals surface area contributed by atoms with Gasteiger partial charge in [0.05, 0.1) is 5.56 Å². The molecule has 4 heteroatoms. The zero-order valence-corrected chi connectivity index (χ0v) is 9.97. The summed E-state index contributed by atoms with van der Waals surface area (Å²) in [6.07, 6.45) is 0. The molecule has 0 fully saturated rings. The van der Waals surface area contributed by atoms with Gasteiger partial charge in [0.2, 0.25) is 0 Å². The van der Waals surface area contributed by atoms with Crippen molar-refractivity contribution in [3.63, 3.8) is 0 Å². The minimum Gasteiger partial charge on any atom is -0.478 e. The Morgan fingerprint density at radius 2 is 1.83 bits per heavy atom. The number of rotatable bonds is 3. The van der Waals surface area contributed by atoms with Gasteiger partial charge in [0.1, 0.15) is 0 Å². The quantitative estimate of drug-likeness (QED) is 0.723. The predicted octanol–water partition coefficient (Wildman–Crippen LogP) is 3.02. The summed E-state index contributed by atoms with van der Waals surface area (Å²) >= 11 is 0. The normalized spacial score (nSPS) is 10.1. The van der Waals surface area contributed by atoms with E-state index in [0.717, 1.165) is 11.3 Å². The lowest BCUT2D eigenvalue weighted by Gasteiger charge is -2.11. The first-order valence-electron chi connectivity index (χ1n) is 5.53.